The van der Waals surface area contributed by atoms with Crippen molar-refractivity contribution < 1.29 is 18.3 Å². The Morgan fingerprint density at radius 3 is 2.56 bits per heavy atom. The van der Waals surface area contributed by atoms with Crippen LogP contribution in [0.2, 0.25) is 0 Å². The summed E-state index contributed by atoms with van der Waals surface area (Å²) in [6.07, 6.45) is 3.27. The van der Waals surface area contributed by atoms with Crippen LogP contribution in [0.5, 0.6) is 5.88 Å². The molecule has 0 radical (unpaired) electrons. The number of anilines is 1. The van der Waals surface area contributed by atoms with Gasteiger partial charge in [-0.05, 0) is 42.3 Å². The molecule has 1 aliphatic heterocycles. The number of ether oxygens (including phenoxy) is 1. The standard InChI is InChI=1S/C26H22F2N6O2/c1-14-24-20(33-26(29)31-14)10-22(34(25(24)35)13-15-3-5-16(27)6-4-15)18-8-7-17(28)9-19(18)21-11-30-12-23(32-21)36-2/h3-9,11-12,22H,10,13H2,1-2H3,(H2,29,31,33)/t22-/m1/s1. The lowest BCUT2D eigenvalue weighted by molar-refractivity contribution is 0.0624. The zero-order valence-corrected chi connectivity index (χ0v) is 19.6. The zero-order valence-electron chi connectivity index (χ0n) is 19.6. The van der Waals surface area contributed by atoms with Gasteiger partial charge >= 0.3 is 0 Å². The molecule has 10 heteroatoms. The van der Waals surface area contributed by atoms with Gasteiger partial charge in [-0.2, -0.15) is 0 Å². The molecule has 0 saturated heterocycles. The van der Waals surface area contributed by atoms with Crippen LogP contribution in [0.3, 0.4) is 0 Å². The van der Waals surface area contributed by atoms with E-state index < -0.39 is 11.9 Å². The maximum Gasteiger partial charge on any atom is 0.258 e. The fourth-order valence-electron chi connectivity index (χ4n) is 4.52. The first-order chi connectivity index (χ1) is 17.3. The molecule has 3 heterocycles. The van der Waals surface area contributed by atoms with Crippen LogP contribution >= 0.6 is 0 Å². The third kappa shape index (κ3) is 4.33. The molecule has 0 unspecified atom stereocenters. The molecule has 5 rings (SSSR count). The summed E-state index contributed by atoms with van der Waals surface area (Å²) in [5, 5.41) is 0. The predicted octanol–water partition coefficient (Wildman–Crippen LogP) is 4.05. The van der Waals surface area contributed by atoms with E-state index in [-0.39, 0.29) is 30.1 Å². The van der Waals surface area contributed by atoms with Crippen molar-refractivity contribution in [3.63, 3.8) is 0 Å². The molecule has 36 heavy (non-hydrogen) atoms. The summed E-state index contributed by atoms with van der Waals surface area (Å²) in [5.41, 5.74) is 9.50. The topological polar surface area (TPSA) is 107 Å². The molecule has 182 valence electrons. The second kappa shape index (κ2) is 9.29. The van der Waals surface area contributed by atoms with Crippen molar-refractivity contribution in [2.45, 2.75) is 25.9 Å². The molecule has 1 atom stereocenters. The molecule has 8 nitrogen and oxygen atoms in total. The van der Waals surface area contributed by atoms with Crippen molar-refractivity contribution >= 4 is 11.9 Å². The summed E-state index contributed by atoms with van der Waals surface area (Å²) in [7, 11) is 1.47. The Hall–Kier alpha value is -4.47. The maximum atomic E-state index is 14.5. The number of benzene rings is 2. The lowest BCUT2D eigenvalue weighted by atomic mass is 9.88. The van der Waals surface area contributed by atoms with Gasteiger partial charge in [0, 0.05) is 18.5 Å². The van der Waals surface area contributed by atoms with Crippen LogP contribution < -0.4 is 10.5 Å². The van der Waals surface area contributed by atoms with E-state index >= 15 is 0 Å². The Labute approximate surface area is 205 Å². The van der Waals surface area contributed by atoms with E-state index in [0.29, 0.717) is 40.2 Å². The van der Waals surface area contributed by atoms with Crippen LogP contribution in [0.1, 0.15) is 38.9 Å². The number of nitrogen functional groups attached to an aromatic ring is 1. The van der Waals surface area contributed by atoms with E-state index in [4.69, 9.17) is 10.5 Å². The van der Waals surface area contributed by atoms with Gasteiger partial charge in [0.15, 0.2) is 0 Å². The van der Waals surface area contributed by atoms with Gasteiger partial charge < -0.3 is 15.4 Å². The number of hydrogen-bond donors (Lipinski definition) is 1. The number of halogens is 2. The fourth-order valence-corrected chi connectivity index (χ4v) is 4.52. The number of nitrogens with two attached hydrogens (primary N) is 1. The molecule has 2 aromatic heterocycles. The molecule has 0 saturated carbocycles. The average molecular weight is 488 g/mol. The van der Waals surface area contributed by atoms with E-state index in [1.165, 1.54) is 43.8 Å². The fraction of sp³-hybridized carbons (Fsp3) is 0.192. The Balaban J connectivity index is 1.67. The van der Waals surface area contributed by atoms with Gasteiger partial charge in [0.1, 0.15) is 11.6 Å². The quantitative estimate of drug-likeness (QED) is 0.452. The molecular formula is C26H22F2N6O2. The number of carbonyl (C=O) groups is 1. The monoisotopic (exact) mass is 488 g/mol. The highest BCUT2D eigenvalue weighted by Crippen LogP contribution is 2.39. The third-order valence-electron chi connectivity index (χ3n) is 6.16. The molecule has 0 spiro atoms. The minimum absolute atomic E-state index is 0.0720. The molecule has 0 aliphatic carbocycles. The summed E-state index contributed by atoms with van der Waals surface area (Å²) in [6.45, 7) is 1.90. The molecule has 0 fully saturated rings. The summed E-state index contributed by atoms with van der Waals surface area (Å²) < 4.78 is 33.2. The molecule has 2 aromatic carbocycles. The van der Waals surface area contributed by atoms with Crippen LogP contribution in [0, 0.1) is 18.6 Å². The van der Waals surface area contributed by atoms with E-state index in [1.54, 1.807) is 30.0 Å². The lowest BCUT2D eigenvalue weighted by Crippen LogP contribution is -2.41. The molecule has 2 N–H and O–H groups in total. The summed E-state index contributed by atoms with van der Waals surface area (Å²) >= 11 is 0. The first-order valence-corrected chi connectivity index (χ1v) is 11.2. The number of fused-ring (bicyclic) bond motifs is 1. The SMILES string of the molecule is COc1cncc(-c2cc(F)ccc2[C@H]2Cc3nc(N)nc(C)c3C(=O)N2Cc2ccc(F)cc2)n1. The predicted molar refractivity (Wildman–Crippen MR) is 128 cm³/mol. The number of rotatable bonds is 5. The van der Waals surface area contributed by atoms with Crippen LogP contribution in [-0.2, 0) is 13.0 Å². The minimum Gasteiger partial charge on any atom is -0.480 e. The highest BCUT2D eigenvalue weighted by molar-refractivity contribution is 5.98. The van der Waals surface area contributed by atoms with Gasteiger partial charge in [0.2, 0.25) is 11.8 Å². The zero-order chi connectivity index (χ0) is 25.4. The van der Waals surface area contributed by atoms with Gasteiger partial charge in [0.05, 0.1) is 48.2 Å². The minimum atomic E-state index is -0.549. The van der Waals surface area contributed by atoms with E-state index in [2.05, 4.69) is 19.9 Å². The van der Waals surface area contributed by atoms with Crippen molar-refractivity contribution in [2.75, 3.05) is 12.8 Å². The van der Waals surface area contributed by atoms with Gasteiger partial charge in [-0.1, -0.05) is 18.2 Å². The summed E-state index contributed by atoms with van der Waals surface area (Å²) in [4.78, 5) is 32.6. The molecule has 1 amide bonds. The number of aromatic nitrogens is 4. The number of hydrogen-bond acceptors (Lipinski definition) is 7. The number of aryl methyl sites for hydroxylation is 1. The van der Waals surface area contributed by atoms with Gasteiger partial charge in [0.25, 0.3) is 5.91 Å². The second-order valence-corrected chi connectivity index (χ2v) is 8.45. The van der Waals surface area contributed by atoms with Crippen LogP contribution in [0.4, 0.5) is 14.7 Å². The largest absolute Gasteiger partial charge is 0.480 e. The maximum absolute atomic E-state index is 14.5. The molecule has 1 aliphatic rings. The summed E-state index contributed by atoms with van der Waals surface area (Å²) in [5.74, 6) is -0.791. The normalized spacial score (nSPS) is 15.1. The number of nitrogens with zero attached hydrogens (tertiary/aromatic N) is 5. The van der Waals surface area contributed by atoms with Crippen LogP contribution in [0.15, 0.2) is 54.9 Å². The Kier molecular flexibility index (Phi) is 6.01. The number of methoxy groups -OCH3 is 1. The van der Waals surface area contributed by atoms with Crippen LogP contribution in [-0.4, -0.2) is 37.9 Å². The molecular weight excluding hydrogens is 466 g/mol. The average Bonchev–Trinajstić information content (AvgIpc) is 2.86. The van der Waals surface area contributed by atoms with E-state index in [1.807, 2.05) is 0 Å². The number of amides is 1. The van der Waals surface area contributed by atoms with Crippen LogP contribution in [0.25, 0.3) is 11.3 Å². The van der Waals surface area contributed by atoms with Crippen molar-refractivity contribution in [3.8, 4) is 17.1 Å². The van der Waals surface area contributed by atoms with Gasteiger partial charge in [-0.15, -0.1) is 0 Å². The smallest absolute Gasteiger partial charge is 0.258 e. The molecule has 4 aromatic rings. The Morgan fingerprint density at radius 2 is 1.81 bits per heavy atom. The number of carbonyl (C=O) groups excluding carboxylic acids is 1. The summed E-state index contributed by atoms with van der Waals surface area (Å²) in [6, 6.07) is 9.71. The van der Waals surface area contributed by atoms with Crippen molar-refractivity contribution in [1.29, 1.82) is 0 Å². The first-order valence-electron chi connectivity index (χ1n) is 11.2. The Morgan fingerprint density at radius 1 is 1.06 bits per heavy atom. The highest BCUT2D eigenvalue weighted by atomic mass is 19.1. The lowest BCUT2D eigenvalue weighted by Gasteiger charge is -2.38. The Bertz CT molecular complexity index is 1460. The highest BCUT2D eigenvalue weighted by Gasteiger charge is 2.37. The van der Waals surface area contributed by atoms with E-state index in [0.717, 1.165) is 5.56 Å². The van der Waals surface area contributed by atoms with Gasteiger partial charge in [-0.3, -0.25) is 9.78 Å². The third-order valence-corrected chi connectivity index (χ3v) is 6.16. The van der Waals surface area contributed by atoms with E-state index in [9.17, 15) is 13.6 Å². The first kappa shape index (κ1) is 23.3. The van der Waals surface area contributed by atoms with Crippen molar-refractivity contribution in [3.05, 3.63) is 94.6 Å². The van der Waals surface area contributed by atoms with Crippen molar-refractivity contribution in [2.24, 2.45) is 0 Å². The van der Waals surface area contributed by atoms with Gasteiger partial charge in [-0.25, -0.2) is 23.7 Å². The second-order valence-electron chi connectivity index (χ2n) is 8.45. The van der Waals surface area contributed by atoms with Crippen molar-refractivity contribution in [1.82, 2.24) is 24.8 Å². The molecule has 0 bridgehead atoms.